The van der Waals surface area contributed by atoms with Crippen molar-refractivity contribution in [3.05, 3.63) is 59.9 Å². The van der Waals surface area contributed by atoms with E-state index in [9.17, 15) is 17.6 Å². The molecule has 0 spiro atoms. The minimum atomic E-state index is -3.50. The van der Waals surface area contributed by atoms with E-state index in [2.05, 4.69) is 0 Å². The average molecular weight is 393 g/mol. The summed E-state index contributed by atoms with van der Waals surface area (Å²) in [5, 5.41) is 0. The Morgan fingerprint density at radius 3 is 2.22 bits per heavy atom. The molecule has 0 saturated carbocycles. The predicted octanol–water partition coefficient (Wildman–Crippen LogP) is 2.85. The molecule has 2 aromatic rings. The molecule has 1 aliphatic heterocycles. The number of sulfonamides is 1. The smallest absolute Gasteiger partial charge is 0.338 e. The maximum Gasteiger partial charge on any atom is 0.338 e. The van der Waals surface area contributed by atoms with E-state index in [1.165, 1.54) is 52.8 Å². The van der Waals surface area contributed by atoms with Crippen LogP contribution in [0.4, 0.5) is 4.39 Å². The SMILES string of the molecule is O=C(OCCOc1ccc(F)cc1)c1ccc(S(=O)(=O)N2CCCC2)cc1. The van der Waals surface area contributed by atoms with Crippen LogP contribution in [0, 0.1) is 5.82 Å². The van der Waals surface area contributed by atoms with Crippen LogP contribution in [0.25, 0.3) is 0 Å². The molecule has 0 atom stereocenters. The molecule has 1 heterocycles. The maximum atomic E-state index is 12.8. The molecule has 27 heavy (non-hydrogen) atoms. The predicted molar refractivity (Wildman–Crippen MR) is 96.6 cm³/mol. The van der Waals surface area contributed by atoms with Gasteiger partial charge in [-0.3, -0.25) is 0 Å². The van der Waals surface area contributed by atoms with Crippen molar-refractivity contribution in [2.24, 2.45) is 0 Å². The summed E-state index contributed by atoms with van der Waals surface area (Å²) in [5.74, 6) is -0.448. The Morgan fingerprint density at radius 1 is 0.963 bits per heavy atom. The fourth-order valence-corrected chi connectivity index (χ4v) is 4.27. The number of esters is 1. The Hall–Kier alpha value is -2.45. The second kappa shape index (κ2) is 8.49. The summed E-state index contributed by atoms with van der Waals surface area (Å²) in [6.45, 7) is 1.20. The lowest BCUT2D eigenvalue weighted by Crippen LogP contribution is -2.27. The third-order valence-electron chi connectivity index (χ3n) is 4.19. The van der Waals surface area contributed by atoms with E-state index in [1.807, 2.05) is 0 Å². The van der Waals surface area contributed by atoms with Gasteiger partial charge in [0.15, 0.2) is 0 Å². The summed E-state index contributed by atoms with van der Waals surface area (Å²) < 4.78 is 49.6. The van der Waals surface area contributed by atoms with E-state index >= 15 is 0 Å². The molecule has 2 aromatic carbocycles. The van der Waals surface area contributed by atoms with Gasteiger partial charge >= 0.3 is 5.97 Å². The van der Waals surface area contributed by atoms with Crippen molar-refractivity contribution in [1.82, 2.24) is 4.31 Å². The topological polar surface area (TPSA) is 72.9 Å². The number of carbonyl (C=O) groups is 1. The fraction of sp³-hybridized carbons (Fsp3) is 0.316. The van der Waals surface area contributed by atoms with Crippen molar-refractivity contribution in [2.45, 2.75) is 17.7 Å². The van der Waals surface area contributed by atoms with Crippen LogP contribution in [0.1, 0.15) is 23.2 Å². The highest BCUT2D eigenvalue weighted by Gasteiger charge is 2.27. The molecule has 0 aliphatic carbocycles. The molecule has 0 unspecified atom stereocenters. The van der Waals surface area contributed by atoms with E-state index < -0.39 is 16.0 Å². The summed E-state index contributed by atoms with van der Waals surface area (Å²) in [4.78, 5) is 12.2. The molecular weight excluding hydrogens is 373 g/mol. The van der Waals surface area contributed by atoms with Crippen LogP contribution >= 0.6 is 0 Å². The van der Waals surface area contributed by atoms with Crippen molar-refractivity contribution in [2.75, 3.05) is 26.3 Å². The number of nitrogens with zero attached hydrogens (tertiary/aromatic N) is 1. The zero-order valence-electron chi connectivity index (χ0n) is 14.6. The highest BCUT2D eigenvalue weighted by Crippen LogP contribution is 2.21. The first-order valence-corrected chi connectivity index (χ1v) is 10.1. The van der Waals surface area contributed by atoms with Crippen LogP contribution in [-0.4, -0.2) is 45.0 Å². The van der Waals surface area contributed by atoms with E-state index in [4.69, 9.17) is 9.47 Å². The molecule has 1 fully saturated rings. The quantitative estimate of drug-likeness (QED) is 0.534. The minimum Gasteiger partial charge on any atom is -0.490 e. The lowest BCUT2D eigenvalue weighted by atomic mass is 10.2. The Bertz CT molecular complexity index is 875. The molecule has 144 valence electrons. The first-order valence-electron chi connectivity index (χ1n) is 8.62. The van der Waals surface area contributed by atoms with Gasteiger partial charge in [-0.05, 0) is 61.4 Å². The van der Waals surface area contributed by atoms with Gasteiger partial charge in [-0.2, -0.15) is 4.31 Å². The second-order valence-electron chi connectivity index (χ2n) is 6.07. The lowest BCUT2D eigenvalue weighted by Gasteiger charge is -2.15. The standard InChI is InChI=1S/C19H20FNO5S/c20-16-5-7-17(8-6-16)25-13-14-26-19(22)15-3-9-18(10-4-15)27(23,24)21-11-1-2-12-21/h3-10H,1-2,11-14H2. The van der Waals surface area contributed by atoms with Gasteiger partial charge in [0.1, 0.15) is 24.8 Å². The molecule has 0 radical (unpaired) electrons. The van der Waals surface area contributed by atoms with Gasteiger partial charge in [0.25, 0.3) is 0 Å². The molecule has 1 aliphatic rings. The molecule has 3 rings (SSSR count). The van der Waals surface area contributed by atoms with Crippen LogP contribution in [0.2, 0.25) is 0 Å². The first kappa shape index (κ1) is 19.3. The number of ether oxygens (including phenoxy) is 2. The summed E-state index contributed by atoms with van der Waals surface area (Å²) in [5.41, 5.74) is 0.261. The molecule has 6 nitrogen and oxygen atoms in total. The van der Waals surface area contributed by atoms with E-state index in [1.54, 1.807) is 0 Å². The summed E-state index contributed by atoms with van der Waals surface area (Å²) in [7, 11) is -3.50. The molecule has 0 N–H and O–H groups in total. The highest BCUT2D eigenvalue weighted by molar-refractivity contribution is 7.89. The van der Waals surface area contributed by atoms with E-state index in [0.29, 0.717) is 18.8 Å². The number of benzene rings is 2. The van der Waals surface area contributed by atoms with Crippen molar-refractivity contribution in [1.29, 1.82) is 0 Å². The van der Waals surface area contributed by atoms with Gasteiger partial charge in [0, 0.05) is 13.1 Å². The van der Waals surface area contributed by atoms with Crippen molar-refractivity contribution < 1.29 is 27.1 Å². The first-order chi connectivity index (χ1) is 13.0. The van der Waals surface area contributed by atoms with Gasteiger partial charge in [-0.15, -0.1) is 0 Å². The fourth-order valence-electron chi connectivity index (χ4n) is 2.75. The molecule has 0 bridgehead atoms. The van der Waals surface area contributed by atoms with Gasteiger partial charge in [0.05, 0.1) is 10.5 Å². The average Bonchev–Trinajstić information content (AvgIpc) is 3.22. The molecule has 8 heteroatoms. The largest absolute Gasteiger partial charge is 0.490 e. The molecule has 1 saturated heterocycles. The summed E-state index contributed by atoms with van der Waals surface area (Å²) in [6.07, 6.45) is 1.73. The second-order valence-corrected chi connectivity index (χ2v) is 8.01. The third kappa shape index (κ3) is 4.84. The Balaban J connectivity index is 1.50. The van der Waals surface area contributed by atoms with Crippen LogP contribution in [0.5, 0.6) is 5.75 Å². The Kier molecular flexibility index (Phi) is 6.08. The Labute approximate surface area is 157 Å². The lowest BCUT2D eigenvalue weighted by molar-refractivity contribution is 0.0450. The summed E-state index contributed by atoms with van der Waals surface area (Å²) >= 11 is 0. The minimum absolute atomic E-state index is 0.0179. The normalized spacial score (nSPS) is 14.9. The number of hydrogen-bond donors (Lipinski definition) is 0. The maximum absolute atomic E-state index is 12.8. The zero-order valence-corrected chi connectivity index (χ0v) is 15.5. The molecule has 0 amide bonds. The highest BCUT2D eigenvalue weighted by atomic mass is 32.2. The van der Waals surface area contributed by atoms with Crippen LogP contribution in [0.15, 0.2) is 53.4 Å². The van der Waals surface area contributed by atoms with Crippen molar-refractivity contribution in [3.8, 4) is 5.75 Å². The van der Waals surface area contributed by atoms with Crippen LogP contribution in [0.3, 0.4) is 0 Å². The number of hydrogen-bond acceptors (Lipinski definition) is 5. The Morgan fingerprint density at radius 2 is 1.59 bits per heavy atom. The number of carbonyl (C=O) groups excluding carboxylic acids is 1. The van der Waals surface area contributed by atoms with Gasteiger partial charge in [-0.1, -0.05) is 0 Å². The monoisotopic (exact) mass is 393 g/mol. The van der Waals surface area contributed by atoms with E-state index in [0.717, 1.165) is 12.8 Å². The summed E-state index contributed by atoms with van der Waals surface area (Å²) in [6, 6.07) is 11.2. The van der Waals surface area contributed by atoms with Crippen LogP contribution < -0.4 is 4.74 Å². The van der Waals surface area contributed by atoms with Gasteiger partial charge in [0.2, 0.25) is 10.0 Å². The number of halogens is 1. The van der Waals surface area contributed by atoms with Gasteiger partial charge < -0.3 is 9.47 Å². The van der Waals surface area contributed by atoms with Gasteiger partial charge in [-0.25, -0.2) is 17.6 Å². The number of rotatable bonds is 7. The van der Waals surface area contributed by atoms with Crippen molar-refractivity contribution in [3.63, 3.8) is 0 Å². The zero-order chi connectivity index (χ0) is 19.3. The van der Waals surface area contributed by atoms with Crippen molar-refractivity contribution >= 4 is 16.0 Å². The molecule has 0 aromatic heterocycles. The van der Waals surface area contributed by atoms with Crippen LogP contribution in [-0.2, 0) is 14.8 Å². The molecular formula is C19H20FNO5S. The third-order valence-corrected chi connectivity index (χ3v) is 6.10. The van der Waals surface area contributed by atoms with E-state index in [-0.39, 0.29) is 29.5 Å².